The fraction of sp³-hybridized carbons (Fsp3) is 0. The lowest BCUT2D eigenvalue weighted by atomic mass is 10.1. The number of hydrogen-bond acceptors (Lipinski definition) is 2. The van der Waals surface area contributed by atoms with E-state index < -0.39 is 7.11 Å². The second kappa shape index (κ2) is 4.27. The van der Waals surface area contributed by atoms with E-state index in [0.717, 1.165) is 0 Å². The third kappa shape index (κ3) is 2.17. The number of H-pyrrole nitrogens is 1. The third-order valence-corrected chi connectivity index (χ3v) is 2.94. The molecule has 2 aliphatic rings. The SMILES string of the molecule is F[B-]1(F)OC(c2ccc[nH]2)=C(Cl)/C(=C2\C=CC=[NH+]2)O1. The van der Waals surface area contributed by atoms with E-state index in [0.29, 0.717) is 11.4 Å². The van der Waals surface area contributed by atoms with E-state index in [4.69, 9.17) is 11.6 Å². The van der Waals surface area contributed by atoms with Gasteiger partial charge in [0.1, 0.15) is 10.8 Å². The molecule has 0 saturated carbocycles. The number of hydrogen-bond donors (Lipinski definition) is 2. The van der Waals surface area contributed by atoms with Crippen LogP contribution >= 0.6 is 11.6 Å². The highest BCUT2D eigenvalue weighted by Crippen LogP contribution is 2.39. The molecule has 0 aliphatic carbocycles. The van der Waals surface area contributed by atoms with Gasteiger partial charge in [-0.25, -0.2) is 4.99 Å². The number of nitrogens with one attached hydrogen (secondary N) is 2. The van der Waals surface area contributed by atoms with Crippen molar-refractivity contribution in [1.82, 2.24) is 4.98 Å². The van der Waals surface area contributed by atoms with Gasteiger partial charge in [0.05, 0.1) is 5.69 Å². The molecule has 2 N–H and O–H groups in total. The van der Waals surface area contributed by atoms with Crippen LogP contribution in [0.2, 0.25) is 0 Å². The van der Waals surface area contributed by atoms with E-state index in [1.807, 2.05) is 0 Å². The van der Waals surface area contributed by atoms with Crippen molar-refractivity contribution in [1.29, 1.82) is 0 Å². The van der Waals surface area contributed by atoms with Gasteiger partial charge in [-0.15, -0.1) is 0 Å². The molecule has 0 bridgehead atoms. The zero-order valence-corrected chi connectivity index (χ0v) is 10.2. The summed E-state index contributed by atoms with van der Waals surface area (Å²) >= 11 is 6.09. The summed E-state index contributed by atoms with van der Waals surface area (Å²) in [6.07, 6.45) is 6.42. The summed E-state index contributed by atoms with van der Waals surface area (Å²) in [7, 11) is -4.46. The van der Waals surface area contributed by atoms with Crippen LogP contribution < -0.4 is 4.99 Å². The molecule has 19 heavy (non-hydrogen) atoms. The molecular weight excluding hydrogens is 276 g/mol. The van der Waals surface area contributed by atoms with Gasteiger partial charge >= 0.3 is 7.11 Å². The summed E-state index contributed by atoms with van der Waals surface area (Å²) < 4.78 is 36.2. The molecule has 0 amide bonds. The number of aromatic amines is 1. The Morgan fingerprint density at radius 1 is 1.26 bits per heavy atom. The second-order valence-electron chi connectivity index (χ2n) is 3.91. The lowest BCUT2D eigenvalue weighted by molar-refractivity contribution is -0.383. The smallest absolute Gasteiger partial charge is 0.625 e. The summed E-state index contributed by atoms with van der Waals surface area (Å²) in [6.45, 7) is 0. The van der Waals surface area contributed by atoms with Crippen LogP contribution in [0.25, 0.3) is 5.76 Å². The maximum Gasteiger partial charge on any atom is 0.726 e. The third-order valence-electron chi connectivity index (χ3n) is 2.59. The first-order valence-corrected chi connectivity index (χ1v) is 5.87. The Balaban J connectivity index is 2.16. The van der Waals surface area contributed by atoms with Crippen molar-refractivity contribution in [2.45, 2.75) is 0 Å². The predicted molar refractivity (Wildman–Crippen MR) is 66.9 cm³/mol. The van der Waals surface area contributed by atoms with Crippen LogP contribution in [0.1, 0.15) is 5.69 Å². The Hall–Kier alpha value is -2.02. The molecule has 0 fully saturated rings. The largest absolute Gasteiger partial charge is 0.726 e. The summed E-state index contributed by atoms with van der Waals surface area (Å²) in [5.41, 5.74) is 0.720. The molecule has 0 atom stereocenters. The van der Waals surface area contributed by atoms with Gasteiger partial charge in [0.25, 0.3) is 0 Å². The molecule has 2 aliphatic heterocycles. The molecular formula is C11H8BClF2N2O2. The van der Waals surface area contributed by atoms with Gasteiger partial charge < -0.3 is 22.9 Å². The predicted octanol–water partition coefficient (Wildman–Crippen LogP) is 1.28. The van der Waals surface area contributed by atoms with Crippen molar-refractivity contribution < 1.29 is 22.9 Å². The highest BCUT2D eigenvalue weighted by Gasteiger charge is 2.42. The fourth-order valence-corrected chi connectivity index (χ4v) is 2.10. The summed E-state index contributed by atoms with van der Waals surface area (Å²) in [4.78, 5) is 5.54. The van der Waals surface area contributed by atoms with Crippen molar-refractivity contribution in [3.63, 3.8) is 0 Å². The first kappa shape index (κ1) is 12.0. The van der Waals surface area contributed by atoms with Crippen molar-refractivity contribution in [3.05, 3.63) is 52.7 Å². The van der Waals surface area contributed by atoms with Crippen LogP contribution in [0.4, 0.5) is 8.63 Å². The molecule has 8 heteroatoms. The molecule has 98 valence electrons. The van der Waals surface area contributed by atoms with Crippen molar-refractivity contribution in [3.8, 4) is 0 Å². The lowest BCUT2D eigenvalue weighted by Gasteiger charge is -2.35. The maximum atomic E-state index is 13.5. The molecule has 3 heterocycles. The minimum Gasteiger partial charge on any atom is -0.625 e. The average molecular weight is 284 g/mol. The van der Waals surface area contributed by atoms with Crippen LogP contribution in [0, 0.1) is 0 Å². The van der Waals surface area contributed by atoms with Crippen molar-refractivity contribution in [2.75, 3.05) is 0 Å². The molecule has 0 spiro atoms. The number of aromatic nitrogens is 1. The Morgan fingerprint density at radius 2 is 2.05 bits per heavy atom. The van der Waals surface area contributed by atoms with Gasteiger partial charge in [-0.05, 0) is 12.1 Å². The van der Waals surface area contributed by atoms with Gasteiger partial charge in [0, 0.05) is 18.3 Å². The lowest BCUT2D eigenvalue weighted by Crippen LogP contribution is -2.64. The Kier molecular flexibility index (Phi) is 2.71. The maximum absolute atomic E-state index is 13.5. The number of halogens is 3. The highest BCUT2D eigenvalue weighted by molar-refractivity contribution is 6.55. The summed E-state index contributed by atoms with van der Waals surface area (Å²) in [5, 5.41) is -0.0160. The highest BCUT2D eigenvalue weighted by atomic mass is 35.5. The van der Waals surface area contributed by atoms with E-state index in [1.54, 1.807) is 36.7 Å². The zero-order chi connectivity index (χ0) is 13.5. The average Bonchev–Trinajstić information content (AvgIpc) is 3.02. The second-order valence-corrected chi connectivity index (χ2v) is 4.29. The van der Waals surface area contributed by atoms with Gasteiger partial charge in [-0.1, -0.05) is 11.6 Å². The van der Waals surface area contributed by atoms with E-state index >= 15 is 0 Å². The fourth-order valence-electron chi connectivity index (χ4n) is 1.81. The molecule has 0 unspecified atom stereocenters. The van der Waals surface area contributed by atoms with E-state index in [9.17, 15) is 8.63 Å². The molecule has 1 aromatic rings. The summed E-state index contributed by atoms with van der Waals surface area (Å²) in [6, 6.07) is 3.24. The standard InChI is InChI=1S/C11H7BClF2N2O2/c13-9-10(7-3-1-5-16-7)18-12(14,15)19-11(9)8-4-2-6-17-8/h1-6,16H/q-1/p+1/b11-8-. The number of allylic oxidation sites excluding steroid dienone is 3. The summed E-state index contributed by atoms with van der Waals surface area (Å²) in [5.74, 6) is -0.264. The normalized spacial score (nSPS) is 24.6. The van der Waals surface area contributed by atoms with Gasteiger partial charge in [-0.2, -0.15) is 0 Å². The van der Waals surface area contributed by atoms with Crippen molar-refractivity contribution >= 4 is 30.7 Å². The Bertz CT molecular complexity index is 621. The minimum absolute atomic E-state index is 0.0160. The van der Waals surface area contributed by atoms with Gasteiger partial charge in [0.15, 0.2) is 12.0 Å². The van der Waals surface area contributed by atoms with Crippen LogP contribution in [-0.2, 0) is 9.31 Å². The Morgan fingerprint density at radius 3 is 2.68 bits per heavy atom. The quantitative estimate of drug-likeness (QED) is 0.763. The molecule has 1 aromatic heterocycles. The monoisotopic (exact) mass is 284 g/mol. The van der Waals surface area contributed by atoms with Crippen LogP contribution in [0.15, 0.2) is 47.0 Å². The van der Waals surface area contributed by atoms with E-state index in [1.165, 1.54) is 0 Å². The van der Waals surface area contributed by atoms with E-state index in [-0.39, 0.29) is 16.6 Å². The van der Waals surface area contributed by atoms with Crippen LogP contribution in [0.3, 0.4) is 0 Å². The first-order chi connectivity index (χ1) is 9.07. The van der Waals surface area contributed by atoms with Crippen LogP contribution in [0.5, 0.6) is 0 Å². The van der Waals surface area contributed by atoms with Crippen LogP contribution in [-0.4, -0.2) is 18.3 Å². The number of rotatable bonds is 1. The Labute approximate surface area is 112 Å². The molecule has 0 aromatic carbocycles. The van der Waals surface area contributed by atoms with Gasteiger partial charge in [-0.3, -0.25) is 0 Å². The zero-order valence-electron chi connectivity index (χ0n) is 9.49. The topological polar surface area (TPSA) is 48.2 Å². The molecule has 3 rings (SSSR count). The van der Waals surface area contributed by atoms with Crippen molar-refractivity contribution in [2.24, 2.45) is 0 Å². The van der Waals surface area contributed by atoms with E-state index in [2.05, 4.69) is 19.3 Å². The molecule has 0 radical (unpaired) electrons. The molecule has 4 nitrogen and oxygen atoms in total. The molecule has 0 saturated heterocycles. The minimum atomic E-state index is -4.46. The van der Waals surface area contributed by atoms with Gasteiger partial charge in [0.2, 0.25) is 5.70 Å². The first-order valence-electron chi connectivity index (χ1n) is 5.49.